The number of amides is 8. The second-order valence-electron chi connectivity index (χ2n) is 20.1. The number of carboxylic acid groups (broad SMARTS) is 1. The average molecular weight is 1160 g/mol. The minimum atomic E-state index is -1.65. The number of carbonyl (C=O) groups is 9. The van der Waals surface area contributed by atoms with Crippen LogP contribution in [0.3, 0.4) is 0 Å². The molecule has 30 N–H and O–H groups in total. The van der Waals surface area contributed by atoms with E-state index in [0.717, 1.165) is 0 Å². The number of hydrogen-bond donors (Lipinski definition) is 20. The summed E-state index contributed by atoms with van der Waals surface area (Å²) in [5.74, 6) is -9.42. The number of rotatable bonds is 42. The van der Waals surface area contributed by atoms with Crippen molar-refractivity contribution in [3.8, 4) is 0 Å². The molecule has 0 saturated carbocycles. The molecule has 0 radical (unpaired) electrons. The van der Waals surface area contributed by atoms with Crippen LogP contribution in [0.4, 0.5) is 0 Å². The fourth-order valence-electron chi connectivity index (χ4n) is 7.63. The quantitative estimate of drug-likeness (QED) is 0.0153. The molecule has 0 aliphatic rings. The third-order valence-electron chi connectivity index (χ3n) is 11.8. The highest BCUT2D eigenvalue weighted by Gasteiger charge is 2.34. The van der Waals surface area contributed by atoms with E-state index in [2.05, 4.69) is 62.5 Å². The summed E-state index contributed by atoms with van der Waals surface area (Å²) in [5, 5.41) is 40.3. The van der Waals surface area contributed by atoms with Gasteiger partial charge in [-0.15, -0.1) is 0 Å². The van der Waals surface area contributed by atoms with E-state index < -0.39 is 114 Å². The van der Waals surface area contributed by atoms with Gasteiger partial charge in [-0.25, -0.2) is 4.79 Å². The van der Waals surface area contributed by atoms with Gasteiger partial charge in [-0.3, -0.25) is 58.3 Å². The van der Waals surface area contributed by atoms with Crippen LogP contribution in [0.2, 0.25) is 0 Å². The number of aliphatic hydroxyl groups is 1. The van der Waals surface area contributed by atoms with Gasteiger partial charge in [0.2, 0.25) is 47.3 Å². The van der Waals surface area contributed by atoms with Crippen LogP contribution in [0, 0.1) is 11.8 Å². The number of carboxylic acids is 1. The lowest BCUT2D eigenvalue weighted by atomic mass is 10.0. The molecule has 0 bridgehead atoms. The molecule has 33 nitrogen and oxygen atoms in total. The summed E-state index contributed by atoms with van der Waals surface area (Å²) >= 11 is 0. The fourth-order valence-corrected chi connectivity index (χ4v) is 7.63. The van der Waals surface area contributed by atoms with Crippen LogP contribution in [0.5, 0.6) is 0 Å². The summed E-state index contributed by atoms with van der Waals surface area (Å²) in [6.07, 6.45) is 1.98. The molecular weight excluding hydrogens is 1060 g/mol. The molecule has 0 rings (SSSR count). The van der Waals surface area contributed by atoms with Crippen LogP contribution in [0.15, 0.2) is 20.0 Å². The third-order valence-corrected chi connectivity index (χ3v) is 11.8. The summed E-state index contributed by atoms with van der Waals surface area (Å²) in [6.45, 7) is 7.97. The van der Waals surface area contributed by atoms with Crippen molar-refractivity contribution in [2.75, 3.05) is 39.3 Å². The zero-order valence-electron chi connectivity index (χ0n) is 47.4. The van der Waals surface area contributed by atoms with E-state index in [1.165, 1.54) is 6.92 Å². The number of aliphatic imine (C=N–C) groups is 4. The van der Waals surface area contributed by atoms with Crippen LogP contribution in [-0.2, 0) is 43.2 Å². The number of nitrogens with one attached hydrogen (secondary N) is 8. The maximum absolute atomic E-state index is 14.3. The van der Waals surface area contributed by atoms with E-state index in [0.29, 0.717) is 19.4 Å². The first kappa shape index (κ1) is 73.2. The predicted octanol–water partition coefficient (Wildman–Crippen LogP) is -7.28. The van der Waals surface area contributed by atoms with Crippen LogP contribution in [0.1, 0.15) is 118 Å². The standard InChI is InChI=1S/C48H94N22O11/c1-25(2)22-33(41(77)63-27(5)36(72)70-35(24-71)43(79)69-34(23-26(3)4)42(78)67-32(44(80)81)16-11-21-62-48(57)58)68-40(76)31(15-10-20-61-47(55)56)66-39(75)30(14-9-19-60-46(53)54)65-38(74)29(13-8-18-59-45(51)52)64-37(73)28(50)12-6-7-17-49/h25-35,71H,6-24,49-50H2,1-5H3,(H,63,77)(H,64,73)(H,65,74)(H,66,75)(H,67,78)(H,68,76)(H,69,79)(H,70,72)(H,80,81)(H4,51,52,59)(H4,53,54,60)(H4,55,56,61)(H4,57,58,62)/t27-,28-,29-,30-,31-,32-,33-,34-,35-/m0/s1. The van der Waals surface area contributed by atoms with Crippen molar-refractivity contribution >= 4 is 77.1 Å². The van der Waals surface area contributed by atoms with Crippen molar-refractivity contribution < 1.29 is 53.4 Å². The largest absolute Gasteiger partial charge is 0.480 e. The molecule has 462 valence electrons. The molecule has 0 aromatic carbocycles. The highest BCUT2D eigenvalue weighted by Crippen LogP contribution is 2.12. The molecule has 8 amide bonds. The Morgan fingerprint density at radius 1 is 0.383 bits per heavy atom. The molecule has 0 aromatic heterocycles. The molecule has 0 heterocycles. The van der Waals surface area contributed by atoms with Gasteiger partial charge in [0.25, 0.3) is 0 Å². The van der Waals surface area contributed by atoms with Crippen molar-refractivity contribution in [3.05, 3.63) is 0 Å². The molecule has 0 saturated heterocycles. The van der Waals surface area contributed by atoms with Crippen molar-refractivity contribution in [1.29, 1.82) is 0 Å². The number of guanidine groups is 4. The van der Waals surface area contributed by atoms with Gasteiger partial charge in [0.1, 0.15) is 48.3 Å². The van der Waals surface area contributed by atoms with E-state index in [9.17, 15) is 53.4 Å². The van der Waals surface area contributed by atoms with Crippen molar-refractivity contribution in [2.24, 2.45) is 89.1 Å². The number of aliphatic carboxylic acids is 1. The number of nitrogens with two attached hydrogens (primary N) is 10. The summed E-state index contributed by atoms with van der Waals surface area (Å²) in [7, 11) is 0. The Kier molecular flexibility index (Phi) is 36.5. The molecule has 81 heavy (non-hydrogen) atoms. The van der Waals surface area contributed by atoms with Crippen LogP contribution >= 0.6 is 0 Å². The maximum Gasteiger partial charge on any atom is 0.326 e. The normalized spacial score (nSPS) is 14.3. The summed E-state index contributed by atoms with van der Waals surface area (Å²) < 4.78 is 0. The Morgan fingerprint density at radius 2 is 0.679 bits per heavy atom. The fraction of sp³-hybridized carbons (Fsp3) is 0.729. The van der Waals surface area contributed by atoms with Gasteiger partial charge in [0.15, 0.2) is 23.8 Å². The predicted molar refractivity (Wildman–Crippen MR) is 305 cm³/mol. The number of unbranched alkanes of at least 4 members (excludes halogenated alkanes) is 1. The summed E-state index contributed by atoms with van der Waals surface area (Å²) in [5.41, 5.74) is 55.4. The van der Waals surface area contributed by atoms with Gasteiger partial charge >= 0.3 is 5.97 Å². The number of nitrogens with zero attached hydrogens (tertiary/aromatic N) is 4. The van der Waals surface area contributed by atoms with Crippen molar-refractivity contribution in [3.63, 3.8) is 0 Å². The van der Waals surface area contributed by atoms with E-state index >= 15 is 0 Å². The lowest BCUT2D eigenvalue weighted by Gasteiger charge is -2.28. The average Bonchev–Trinajstić information content (AvgIpc) is 3.37. The van der Waals surface area contributed by atoms with E-state index in [-0.39, 0.29) is 132 Å². The lowest BCUT2D eigenvalue weighted by molar-refractivity contribution is -0.142. The minimum absolute atomic E-state index is 0.0109. The molecule has 0 aromatic rings. The third kappa shape index (κ3) is 33.4. The Balaban J connectivity index is 6.65. The Labute approximate surface area is 472 Å². The molecule has 0 unspecified atom stereocenters. The van der Waals surface area contributed by atoms with Gasteiger partial charge in [0.05, 0.1) is 12.6 Å². The van der Waals surface area contributed by atoms with Crippen LogP contribution < -0.4 is 99.9 Å². The van der Waals surface area contributed by atoms with Gasteiger partial charge < -0.3 is 110 Å². The molecular formula is C48H94N22O11. The molecule has 0 spiro atoms. The number of aliphatic hydroxyl groups excluding tert-OH is 1. The topological polar surface area (TPSA) is 600 Å². The SMILES string of the molecule is CC(C)C[C@H](NC(=O)[C@H](CCCN=C(N)N)NC(=O)[C@H](CCCN=C(N)N)NC(=O)[C@H](CCCN=C(N)N)NC(=O)[C@@H](N)CCCCN)C(=O)N[C@@H](C)C(=O)N[C@@H](CO)C(=O)N[C@@H](CC(C)C)C(=O)N[C@@H](CCCN=C(N)N)C(=O)O. The zero-order valence-corrected chi connectivity index (χ0v) is 47.4. The molecule has 9 atom stereocenters. The highest BCUT2D eigenvalue weighted by molar-refractivity contribution is 5.98. The molecule has 0 fully saturated rings. The van der Waals surface area contributed by atoms with E-state index in [1.807, 2.05) is 0 Å². The Morgan fingerprint density at radius 3 is 1.01 bits per heavy atom. The van der Waals surface area contributed by atoms with Gasteiger partial charge in [-0.1, -0.05) is 34.1 Å². The van der Waals surface area contributed by atoms with Gasteiger partial charge in [0, 0.05) is 26.2 Å². The first-order valence-electron chi connectivity index (χ1n) is 27.0. The van der Waals surface area contributed by atoms with E-state index in [4.69, 9.17) is 57.3 Å². The number of hydrogen-bond acceptors (Lipinski definition) is 16. The maximum atomic E-state index is 14.3. The second-order valence-corrected chi connectivity index (χ2v) is 20.1. The van der Waals surface area contributed by atoms with Crippen LogP contribution in [0.25, 0.3) is 0 Å². The zero-order chi connectivity index (χ0) is 61.8. The van der Waals surface area contributed by atoms with Crippen molar-refractivity contribution in [1.82, 2.24) is 42.5 Å². The molecule has 33 heteroatoms. The van der Waals surface area contributed by atoms with E-state index in [1.54, 1.807) is 27.7 Å². The van der Waals surface area contributed by atoms with Crippen LogP contribution in [-0.4, -0.2) is 181 Å². The summed E-state index contributed by atoms with van der Waals surface area (Å²) in [6, 6.07) is -12.0. The first-order chi connectivity index (χ1) is 38.0. The second kappa shape index (κ2) is 40.4. The molecule has 0 aliphatic carbocycles. The highest BCUT2D eigenvalue weighted by atomic mass is 16.4. The monoisotopic (exact) mass is 1150 g/mol. The van der Waals surface area contributed by atoms with Gasteiger partial charge in [-0.2, -0.15) is 0 Å². The lowest BCUT2D eigenvalue weighted by Crippen LogP contribution is -2.60. The first-order valence-corrected chi connectivity index (χ1v) is 27.0. The van der Waals surface area contributed by atoms with Gasteiger partial charge in [-0.05, 0) is 102 Å². The summed E-state index contributed by atoms with van der Waals surface area (Å²) in [4.78, 5) is 138. The van der Waals surface area contributed by atoms with Crippen molar-refractivity contribution in [2.45, 2.75) is 172 Å². The number of carbonyl (C=O) groups excluding carboxylic acids is 8. The molecule has 0 aliphatic heterocycles. The Hall–Kier alpha value is -7.81. The minimum Gasteiger partial charge on any atom is -0.480 e. The Bertz CT molecular complexity index is 2130. The smallest absolute Gasteiger partial charge is 0.326 e.